The fourth-order valence-corrected chi connectivity index (χ4v) is 3.44. The van der Waals surface area contributed by atoms with E-state index < -0.39 is 18.0 Å². The van der Waals surface area contributed by atoms with Gasteiger partial charge in [-0.15, -0.1) is 0 Å². The number of benzene rings is 2. The highest BCUT2D eigenvalue weighted by Crippen LogP contribution is 2.34. The molecule has 0 spiro atoms. The average molecular weight is 406 g/mol. The number of hydrogen-bond donors (Lipinski definition) is 1. The molecule has 7 nitrogen and oxygen atoms in total. The summed E-state index contributed by atoms with van der Waals surface area (Å²) in [5, 5.41) is 2.73. The second-order valence-corrected chi connectivity index (χ2v) is 7.06. The van der Waals surface area contributed by atoms with Gasteiger partial charge in [-0.25, -0.2) is 4.79 Å². The molecule has 154 valence electrons. The monoisotopic (exact) mass is 406 g/mol. The lowest BCUT2D eigenvalue weighted by Gasteiger charge is -2.14. The number of fused-ring (bicyclic) bond motifs is 1. The van der Waals surface area contributed by atoms with Crippen molar-refractivity contribution in [2.45, 2.75) is 26.9 Å². The number of amides is 1. The zero-order chi connectivity index (χ0) is 21.3. The molecular weight excluding hydrogens is 384 g/mol. The molecule has 0 unspecified atom stereocenters. The molecule has 0 saturated heterocycles. The Labute approximate surface area is 174 Å². The number of hydrogen-bond acceptors (Lipinski definition) is 5. The van der Waals surface area contributed by atoms with Crippen molar-refractivity contribution < 1.29 is 23.8 Å². The van der Waals surface area contributed by atoms with Gasteiger partial charge in [-0.1, -0.05) is 18.2 Å². The molecule has 7 heteroatoms. The Kier molecular flexibility index (Phi) is 5.18. The van der Waals surface area contributed by atoms with E-state index in [0.717, 1.165) is 17.1 Å². The molecular formula is C23H22N2O5. The van der Waals surface area contributed by atoms with E-state index in [1.807, 2.05) is 48.7 Å². The first-order valence-corrected chi connectivity index (χ1v) is 9.60. The van der Waals surface area contributed by atoms with Crippen LogP contribution >= 0.6 is 0 Å². The van der Waals surface area contributed by atoms with E-state index in [0.29, 0.717) is 22.7 Å². The molecule has 2 aromatic carbocycles. The summed E-state index contributed by atoms with van der Waals surface area (Å²) in [5.74, 6) is 0.213. The highest BCUT2D eigenvalue weighted by atomic mass is 16.7. The molecule has 0 fully saturated rings. The van der Waals surface area contributed by atoms with Crippen molar-refractivity contribution in [2.24, 2.45) is 0 Å². The number of ether oxygens (including phenoxy) is 3. The number of rotatable bonds is 5. The fraction of sp³-hybridized carbons (Fsp3) is 0.217. The van der Waals surface area contributed by atoms with Crippen molar-refractivity contribution in [1.82, 2.24) is 4.57 Å². The maximum atomic E-state index is 12.7. The van der Waals surface area contributed by atoms with Crippen molar-refractivity contribution >= 4 is 17.6 Å². The standard InChI is InChI=1S/C23H22N2O5/c1-14-11-19(15(2)25(14)18-7-5-4-6-8-18)23(27)30-16(3)22(26)24-17-9-10-20-21(12-17)29-13-28-20/h4-12,16H,13H2,1-3H3,(H,24,26)/t16-/m0/s1. The summed E-state index contributed by atoms with van der Waals surface area (Å²) in [6, 6.07) is 16.6. The maximum absolute atomic E-state index is 12.7. The minimum atomic E-state index is -0.970. The Bertz CT molecular complexity index is 1100. The Morgan fingerprint density at radius 2 is 1.77 bits per heavy atom. The zero-order valence-corrected chi connectivity index (χ0v) is 17.0. The van der Waals surface area contributed by atoms with Gasteiger partial charge in [0.1, 0.15) is 0 Å². The van der Waals surface area contributed by atoms with E-state index >= 15 is 0 Å². The van der Waals surface area contributed by atoms with Gasteiger partial charge >= 0.3 is 5.97 Å². The Balaban J connectivity index is 1.45. The first kappa shape index (κ1) is 19.6. The van der Waals surface area contributed by atoms with Crippen LogP contribution in [0.25, 0.3) is 5.69 Å². The van der Waals surface area contributed by atoms with Crippen molar-refractivity contribution in [3.8, 4) is 17.2 Å². The van der Waals surface area contributed by atoms with Crippen LogP contribution < -0.4 is 14.8 Å². The Hall–Kier alpha value is -3.74. The van der Waals surface area contributed by atoms with Gasteiger partial charge in [-0.2, -0.15) is 0 Å². The molecule has 1 amide bonds. The lowest BCUT2D eigenvalue weighted by molar-refractivity contribution is -0.123. The molecule has 3 aromatic rings. The molecule has 4 rings (SSSR count). The van der Waals surface area contributed by atoms with E-state index in [4.69, 9.17) is 14.2 Å². The van der Waals surface area contributed by atoms with Gasteiger partial charge in [0.15, 0.2) is 17.6 Å². The lowest BCUT2D eigenvalue weighted by atomic mass is 10.2. The second-order valence-electron chi connectivity index (χ2n) is 7.06. The van der Waals surface area contributed by atoms with Crippen LogP contribution in [0.1, 0.15) is 28.7 Å². The third kappa shape index (κ3) is 3.74. The Morgan fingerprint density at radius 1 is 1.03 bits per heavy atom. The zero-order valence-electron chi connectivity index (χ0n) is 17.0. The largest absolute Gasteiger partial charge is 0.454 e. The molecule has 0 bridgehead atoms. The number of esters is 1. The number of para-hydroxylation sites is 1. The van der Waals surface area contributed by atoms with E-state index in [-0.39, 0.29) is 6.79 Å². The quantitative estimate of drug-likeness (QED) is 0.648. The first-order valence-electron chi connectivity index (χ1n) is 9.60. The van der Waals surface area contributed by atoms with Gasteiger partial charge in [0, 0.05) is 28.8 Å². The lowest BCUT2D eigenvalue weighted by Crippen LogP contribution is -2.30. The molecule has 2 heterocycles. The topological polar surface area (TPSA) is 78.8 Å². The van der Waals surface area contributed by atoms with Crippen LogP contribution in [0.2, 0.25) is 0 Å². The fourth-order valence-electron chi connectivity index (χ4n) is 3.44. The predicted octanol–water partition coefficient (Wildman–Crippen LogP) is 4.01. The summed E-state index contributed by atoms with van der Waals surface area (Å²) in [6.45, 7) is 5.47. The number of aryl methyl sites for hydroxylation is 1. The highest BCUT2D eigenvalue weighted by molar-refractivity contribution is 5.98. The number of carbonyl (C=O) groups excluding carboxylic acids is 2. The molecule has 1 aromatic heterocycles. The van der Waals surface area contributed by atoms with Crippen molar-refractivity contribution in [1.29, 1.82) is 0 Å². The van der Waals surface area contributed by atoms with Crippen LogP contribution in [-0.4, -0.2) is 29.3 Å². The molecule has 0 saturated carbocycles. The molecule has 1 aliphatic rings. The minimum Gasteiger partial charge on any atom is -0.454 e. The van der Waals surface area contributed by atoms with Crippen LogP contribution in [0.3, 0.4) is 0 Å². The van der Waals surface area contributed by atoms with Gasteiger partial charge in [0.2, 0.25) is 6.79 Å². The number of anilines is 1. The van der Waals surface area contributed by atoms with Crippen LogP contribution in [0.4, 0.5) is 5.69 Å². The molecule has 0 aliphatic carbocycles. The summed E-state index contributed by atoms with van der Waals surface area (Å²) in [7, 11) is 0. The number of carbonyl (C=O) groups is 2. The Morgan fingerprint density at radius 3 is 2.53 bits per heavy atom. The SMILES string of the molecule is Cc1cc(C(=O)O[C@@H](C)C(=O)Nc2ccc3c(c2)OCO3)c(C)n1-c1ccccc1. The van der Waals surface area contributed by atoms with Gasteiger partial charge in [0.25, 0.3) is 5.91 Å². The normalized spacial score (nSPS) is 13.0. The van der Waals surface area contributed by atoms with Crippen molar-refractivity contribution in [2.75, 3.05) is 12.1 Å². The van der Waals surface area contributed by atoms with Crippen LogP contribution in [0, 0.1) is 13.8 Å². The van der Waals surface area contributed by atoms with Crippen molar-refractivity contribution in [3.05, 3.63) is 71.5 Å². The maximum Gasteiger partial charge on any atom is 0.340 e. The molecule has 0 radical (unpaired) electrons. The van der Waals surface area contributed by atoms with Crippen LogP contribution in [-0.2, 0) is 9.53 Å². The highest BCUT2D eigenvalue weighted by Gasteiger charge is 2.23. The minimum absolute atomic E-state index is 0.155. The molecule has 30 heavy (non-hydrogen) atoms. The summed E-state index contributed by atoms with van der Waals surface area (Å²) in [4.78, 5) is 25.2. The summed E-state index contributed by atoms with van der Waals surface area (Å²) < 4.78 is 18.0. The number of aromatic nitrogens is 1. The second kappa shape index (κ2) is 7.94. The van der Waals surface area contributed by atoms with E-state index in [9.17, 15) is 9.59 Å². The number of nitrogens with one attached hydrogen (secondary N) is 1. The van der Waals surface area contributed by atoms with E-state index in [1.54, 1.807) is 24.3 Å². The molecule has 1 N–H and O–H groups in total. The van der Waals surface area contributed by atoms with Crippen LogP contribution in [0.5, 0.6) is 11.5 Å². The molecule has 1 aliphatic heterocycles. The van der Waals surface area contributed by atoms with E-state index in [2.05, 4.69) is 5.32 Å². The van der Waals surface area contributed by atoms with Gasteiger partial charge in [-0.05, 0) is 51.1 Å². The van der Waals surface area contributed by atoms with Gasteiger partial charge in [-0.3, -0.25) is 4.79 Å². The van der Waals surface area contributed by atoms with Gasteiger partial charge in [0.05, 0.1) is 5.56 Å². The van der Waals surface area contributed by atoms with Crippen molar-refractivity contribution in [3.63, 3.8) is 0 Å². The summed E-state index contributed by atoms with van der Waals surface area (Å²) in [6.07, 6.45) is -0.970. The smallest absolute Gasteiger partial charge is 0.340 e. The van der Waals surface area contributed by atoms with Crippen LogP contribution in [0.15, 0.2) is 54.6 Å². The third-order valence-electron chi connectivity index (χ3n) is 4.96. The number of nitrogens with zero attached hydrogens (tertiary/aromatic N) is 1. The summed E-state index contributed by atoms with van der Waals surface area (Å²) >= 11 is 0. The average Bonchev–Trinajstić information content (AvgIpc) is 3.32. The molecule has 1 atom stereocenters. The van der Waals surface area contributed by atoms with Gasteiger partial charge < -0.3 is 24.1 Å². The third-order valence-corrected chi connectivity index (χ3v) is 4.96. The summed E-state index contributed by atoms with van der Waals surface area (Å²) in [5.41, 5.74) is 3.59. The predicted molar refractivity (Wildman–Crippen MR) is 111 cm³/mol. The first-order chi connectivity index (χ1) is 14.4. The van der Waals surface area contributed by atoms with E-state index in [1.165, 1.54) is 6.92 Å².